The molecular formula is C14H15NO3. The van der Waals surface area contributed by atoms with E-state index in [-0.39, 0.29) is 5.56 Å². The normalized spacial score (nSPS) is 17.1. The Balaban J connectivity index is 2.04. The monoisotopic (exact) mass is 245 g/mol. The Morgan fingerprint density at radius 3 is 2.78 bits per heavy atom. The van der Waals surface area contributed by atoms with Gasteiger partial charge >= 0.3 is 5.97 Å². The Hall–Kier alpha value is -1.84. The molecule has 0 bridgehead atoms. The van der Waals surface area contributed by atoms with Gasteiger partial charge in [-0.05, 0) is 25.0 Å². The number of carbonyl (C=O) groups is 1. The van der Waals surface area contributed by atoms with Gasteiger partial charge in [0.05, 0.1) is 0 Å². The van der Waals surface area contributed by atoms with Crippen LogP contribution in [0, 0.1) is 0 Å². The van der Waals surface area contributed by atoms with Gasteiger partial charge in [-0.2, -0.15) is 0 Å². The minimum atomic E-state index is -0.966. The second-order valence-electron chi connectivity index (χ2n) is 4.85. The molecule has 3 rings (SSSR count). The Morgan fingerprint density at radius 2 is 2.06 bits per heavy atom. The average Bonchev–Trinajstić information content (AvgIpc) is 2.83. The van der Waals surface area contributed by atoms with Gasteiger partial charge in [0.25, 0.3) is 0 Å². The molecule has 0 atom stereocenters. The first kappa shape index (κ1) is 11.3. The van der Waals surface area contributed by atoms with Gasteiger partial charge in [-0.15, -0.1) is 0 Å². The van der Waals surface area contributed by atoms with E-state index in [1.807, 2.05) is 0 Å². The number of carboxylic acids is 1. The summed E-state index contributed by atoms with van der Waals surface area (Å²) in [5.41, 5.74) is 1.25. The van der Waals surface area contributed by atoms with Gasteiger partial charge in [0.1, 0.15) is 11.1 Å². The van der Waals surface area contributed by atoms with Crippen LogP contribution in [-0.4, -0.2) is 16.1 Å². The van der Waals surface area contributed by atoms with Crippen LogP contribution in [0.25, 0.3) is 11.1 Å². The molecule has 2 aromatic rings. The molecule has 94 valence electrons. The third kappa shape index (κ3) is 1.88. The molecule has 4 heteroatoms. The van der Waals surface area contributed by atoms with Gasteiger partial charge in [-0.3, -0.25) is 0 Å². The van der Waals surface area contributed by atoms with Crippen LogP contribution in [-0.2, 0) is 0 Å². The number of hydrogen-bond donors (Lipinski definition) is 1. The number of fused-ring (bicyclic) bond motifs is 1. The van der Waals surface area contributed by atoms with Crippen molar-refractivity contribution in [3.8, 4) is 0 Å². The largest absolute Gasteiger partial charge is 0.478 e. The highest BCUT2D eigenvalue weighted by atomic mass is 16.4. The Kier molecular flexibility index (Phi) is 2.78. The van der Waals surface area contributed by atoms with E-state index < -0.39 is 5.97 Å². The molecule has 1 aliphatic carbocycles. The standard InChI is InChI=1S/C14H15NO3/c16-14(17)10-7-4-8-11-12(10)18-13(15-11)9-5-2-1-3-6-9/h4,7-9H,1-3,5-6H2,(H,16,17). The Bertz CT molecular complexity index is 582. The summed E-state index contributed by atoms with van der Waals surface area (Å²) >= 11 is 0. The fraction of sp³-hybridized carbons (Fsp3) is 0.429. The molecule has 1 fully saturated rings. The highest BCUT2D eigenvalue weighted by molar-refractivity contribution is 5.99. The first-order chi connectivity index (χ1) is 8.75. The summed E-state index contributed by atoms with van der Waals surface area (Å²) in [6.45, 7) is 0. The van der Waals surface area contributed by atoms with Crippen molar-refractivity contribution in [1.82, 2.24) is 4.98 Å². The molecule has 18 heavy (non-hydrogen) atoms. The van der Waals surface area contributed by atoms with Gasteiger partial charge < -0.3 is 9.52 Å². The van der Waals surface area contributed by atoms with Crippen LogP contribution in [0.4, 0.5) is 0 Å². The second kappa shape index (κ2) is 4.44. The molecule has 1 aliphatic rings. The van der Waals surface area contributed by atoms with Gasteiger partial charge in [0.15, 0.2) is 11.5 Å². The molecule has 1 aromatic carbocycles. The summed E-state index contributed by atoms with van der Waals surface area (Å²) in [6.07, 6.45) is 5.87. The summed E-state index contributed by atoms with van der Waals surface area (Å²) < 4.78 is 5.71. The van der Waals surface area contributed by atoms with Crippen molar-refractivity contribution in [3.05, 3.63) is 29.7 Å². The van der Waals surface area contributed by atoms with Gasteiger partial charge in [0.2, 0.25) is 0 Å². The van der Waals surface area contributed by atoms with E-state index in [2.05, 4.69) is 4.98 Å². The first-order valence-electron chi connectivity index (χ1n) is 6.38. The zero-order chi connectivity index (χ0) is 12.5. The lowest BCUT2D eigenvalue weighted by molar-refractivity contribution is 0.0697. The maximum atomic E-state index is 11.1. The molecule has 0 unspecified atom stereocenters. The van der Waals surface area contributed by atoms with Gasteiger partial charge in [-0.25, -0.2) is 9.78 Å². The van der Waals surface area contributed by atoms with E-state index in [1.165, 1.54) is 19.3 Å². The van der Waals surface area contributed by atoms with E-state index in [0.717, 1.165) is 12.8 Å². The van der Waals surface area contributed by atoms with Gasteiger partial charge in [0, 0.05) is 5.92 Å². The second-order valence-corrected chi connectivity index (χ2v) is 4.85. The van der Waals surface area contributed by atoms with Crippen molar-refractivity contribution >= 4 is 17.1 Å². The summed E-state index contributed by atoms with van der Waals surface area (Å²) in [5.74, 6) is 0.0955. The van der Waals surface area contributed by atoms with Crippen molar-refractivity contribution < 1.29 is 14.3 Å². The van der Waals surface area contributed by atoms with Crippen LogP contribution >= 0.6 is 0 Å². The van der Waals surface area contributed by atoms with Crippen molar-refractivity contribution in [3.63, 3.8) is 0 Å². The molecule has 0 spiro atoms. The lowest BCUT2D eigenvalue weighted by Crippen LogP contribution is -2.04. The Labute approximate surface area is 105 Å². The smallest absolute Gasteiger partial charge is 0.339 e. The molecule has 1 saturated carbocycles. The molecule has 0 saturated heterocycles. The summed E-state index contributed by atoms with van der Waals surface area (Å²) in [6, 6.07) is 5.07. The number of oxazole rings is 1. The Morgan fingerprint density at radius 1 is 1.28 bits per heavy atom. The number of hydrogen-bond acceptors (Lipinski definition) is 3. The average molecular weight is 245 g/mol. The predicted octanol–water partition coefficient (Wildman–Crippen LogP) is 3.57. The van der Waals surface area contributed by atoms with Crippen LogP contribution in [0.15, 0.2) is 22.6 Å². The summed E-state index contributed by atoms with van der Waals surface area (Å²) in [7, 11) is 0. The van der Waals surface area contributed by atoms with Crippen LogP contribution in [0.5, 0.6) is 0 Å². The molecule has 1 N–H and O–H groups in total. The van der Waals surface area contributed by atoms with Crippen molar-refractivity contribution in [2.24, 2.45) is 0 Å². The number of nitrogens with zero attached hydrogens (tertiary/aromatic N) is 1. The van der Waals surface area contributed by atoms with E-state index in [4.69, 9.17) is 9.52 Å². The lowest BCUT2D eigenvalue weighted by atomic mass is 9.89. The molecule has 0 aliphatic heterocycles. The van der Waals surface area contributed by atoms with Crippen molar-refractivity contribution in [2.45, 2.75) is 38.0 Å². The van der Waals surface area contributed by atoms with E-state index >= 15 is 0 Å². The number of rotatable bonds is 2. The topological polar surface area (TPSA) is 63.3 Å². The van der Waals surface area contributed by atoms with Crippen molar-refractivity contribution in [1.29, 1.82) is 0 Å². The van der Waals surface area contributed by atoms with Gasteiger partial charge in [-0.1, -0.05) is 25.3 Å². The quantitative estimate of drug-likeness (QED) is 0.878. The third-order valence-electron chi connectivity index (χ3n) is 3.62. The zero-order valence-corrected chi connectivity index (χ0v) is 10.1. The molecule has 1 heterocycles. The molecule has 0 radical (unpaired) electrons. The number of aromatic nitrogens is 1. The highest BCUT2D eigenvalue weighted by Gasteiger charge is 2.22. The highest BCUT2D eigenvalue weighted by Crippen LogP contribution is 2.34. The number of para-hydroxylation sites is 1. The number of benzene rings is 1. The van der Waals surface area contributed by atoms with Crippen molar-refractivity contribution in [2.75, 3.05) is 0 Å². The lowest BCUT2D eigenvalue weighted by Gasteiger charge is -2.17. The van der Waals surface area contributed by atoms with Crippen LogP contribution in [0.1, 0.15) is 54.3 Å². The zero-order valence-electron chi connectivity index (χ0n) is 10.1. The number of aromatic carboxylic acids is 1. The summed E-state index contributed by atoms with van der Waals surface area (Å²) in [5, 5.41) is 9.11. The van der Waals surface area contributed by atoms with E-state index in [0.29, 0.717) is 22.9 Å². The summed E-state index contributed by atoms with van der Waals surface area (Å²) in [4.78, 5) is 15.6. The van der Waals surface area contributed by atoms with Crippen LogP contribution < -0.4 is 0 Å². The fourth-order valence-electron chi connectivity index (χ4n) is 2.66. The minimum Gasteiger partial charge on any atom is -0.478 e. The van der Waals surface area contributed by atoms with E-state index in [1.54, 1.807) is 18.2 Å². The maximum absolute atomic E-state index is 11.1. The molecule has 4 nitrogen and oxygen atoms in total. The predicted molar refractivity (Wildman–Crippen MR) is 66.8 cm³/mol. The molecule has 1 aromatic heterocycles. The fourth-order valence-corrected chi connectivity index (χ4v) is 2.66. The molecular weight excluding hydrogens is 230 g/mol. The first-order valence-corrected chi connectivity index (χ1v) is 6.38. The molecule has 0 amide bonds. The van der Waals surface area contributed by atoms with E-state index in [9.17, 15) is 4.79 Å². The third-order valence-corrected chi connectivity index (χ3v) is 3.62. The SMILES string of the molecule is O=C(O)c1cccc2nc(C3CCCCC3)oc12. The van der Waals surface area contributed by atoms with Crippen LogP contribution in [0.3, 0.4) is 0 Å². The maximum Gasteiger partial charge on any atom is 0.339 e. The van der Waals surface area contributed by atoms with Crippen LogP contribution in [0.2, 0.25) is 0 Å². The number of carboxylic acid groups (broad SMARTS) is 1. The minimum absolute atomic E-state index is 0.196.